The second-order valence-corrected chi connectivity index (χ2v) is 13.3. The first-order valence-corrected chi connectivity index (χ1v) is 16.6. The second kappa shape index (κ2) is 19.2. The molecule has 3 atom stereocenters. The number of phosphoric acid groups is 1. The number of hydrogen-bond acceptors (Lipinski definition) is 7. The van der Waals surface area contributed by atoms with E-state index in [4.69, 9.17) is 14.8 Å². The summed E-state index contributed by atoms with van der Waals surface area (Å²) in [5, 5.41) is 10.2. The Morgan fingerprint density at radius 1 is 0.905 bits per heavy atom. The maximum absolute atomic E-state index is 12.5. The minimum absolute atomic E-state index is 0.0257. The quantitative estimate of drug-likeness (QED) is 0.0602. The number of carbonyl (C=O) groups is 1. The smallest absolute Gasteiger partial charge is 0.268 e. The first kappa shape index (κ1) is 36.0. The molecule has 9 heteroatoms. The second-order valence-electron chi connectivity index (χ2n) is 11.9. The van der Waals surface area contributed by atoms with Crippen molar-refractivity contribution in [3.8, 4) is 0 Å². The molecule has 0 bridgehead atoms. The van der Waals surface area contributed by atoms with E-state index < -0.39 is 20.0 Å². The summed E-state index contributed by atoms with van der Waals surface area (Å²) in [6.07, 6.45) is 13.8. The van der Waals surface area contributed by atoms with Gasteiger partial charge in [0.1, 0.15) is 13.2 Å². The Morgan fingerprint density at radius 2 is 1.48 bits per heavy atom. The van der Waals surface area contributed by atoms with Crippen molar-refractivity contribution < 1.29 is 32.9 Å². The van der Waals surface area contributed by atoms with Gasteiger partial charge in [0, 0.05) is 11.1 Å². The molecule has 0 aliphatic carbocycles. The molecule has 2 aromatic rings. The molecule has 3 N–H and O–H groups in total. The van der Waals surface area contributed by atoms with Gasteiger partial charge in [-0.15, -0.1) is 0 Å². The van der Waals surface area contributed by atoms with Crippen LogP contribution in [0.15, 0.2) is 66.7 Å². The fourth-order valence-electron chi connectivity index (χ4n) is 4.35. The summed E-state index contributed by atoms with van der Waals surface area (Å²) in [6.45, 7) is 0.209. The number of aliphatic hydroxyl groups excluding tert-OH is 1. The predicted molar refractivity (Wildman–Crippen MR) is 167 cm³/mol. The van der Waals surface area contributed by atoms with Crippen molar-refractivity contribution in [2.24, 2.45) is 5.73 Å². The van der Waals surface area contributed by atoms with Gasteiger partial charge in [-0.25, -0.2) is 0 Å². The number of aryl methyl sites for hydroxylation is 1. The first-order chi connectivity index (χ1) is 20.0. The summed E-state index contributed by atoms with van der Waals surface area (Å²) in [5.41, 5.74) is 8.59. The van der Waals surface area contributed by atoms with Crippen molar-refractivity contribution in [3.63, 3.8) is 0 Å². The molecule has 2 rings (SSSR count). The van der Waals surface area contributed by atoms with Crippen LogP contribution < -0.4 is 10.6 Å². The Labute approximate surface area is 252 Å². The first-order valence-electron chi connectivity index (χ1n) is 15.2. The average Bonchev–Trinajstić information content (AvgIpc) is 2.96. The van der Waals surface area contributed by atoms with Gasteiger partial charge in [0.25, 0.3) is 7.82 Å². The van der Waals surface area contributed by atoms with Gasteiger partial charge in [-0.1, -0.05) is 105 Å². The summed E-state index contributed by atoms with van der Waals surface area (Å²) in [4.78, 5) is 24.4. The average molecular weight is 609 g/mol. The monoisotopic (exact) mass is 608 g/mol. The van der Waals surface area contributed by atoms with Gasteiger partial charge >= 0.3 is 0 Å². The van der Waals surface area contributed by atoms with E-state index in [0.717, 1.165) is 43.2 Å². The zero-order valence-electron chi connectivity index (χ0n) is 25.7. The topological polar surface area (TPSA) is 122 Å². The molecule has 0 spiro atoms. The number of unbranched alkanes of at least 4 members (excludes halogenated alkanes) is 8. The molecule has 42 heavy (non-hydrogen) atoms. The molecule has 8 nitrogen and oxygen atoms in total. The summed E-state index contributed by atoms with van der Waals surface area (Å²) >= 11 is 0. The third-order valence-corrected chi connectivity index (χ3v) is 8.01. The molecule has 0 aliphatic rings. The Kier molecular flexibility index (Phi) is 16.5. The van der Waals surface area contributed by atoms with Crippen LogP contribution in [0.3, 0.4) is 0 Å². The third-order valence-electron chi connectivity index (χ3n) is 7.05. The molecule has 0 amide bonds. The Morgan fingerprint density at radius 3 is 2.10 bits per heavy atom. The van der Waals surface area contributed by atoms with Crippen LogP contribution in [0.1, 0.15) is 79.3 Å². The van der Waals surface area contributed by atoms with E-state index in [2.05, 4.69) is 12.1 Å². The van der Waals surface area contributed by atoms with E-state index in [1.165, 1.54) is 37.7 Å². The summed E-state index contributed by atoms with van der Waals surface area (Å²) < 4.78 is 22.1. The largest absolute Gasteiger partial charge is 0.756 e. The normalized spacial score (nSPS) is 15.0. The minimum Gasteiger partial charge on any atom is -0.756 e. The van der Waals surface area contributed by atoms with E-state index in [-0.39, 0.29) is 19.0 Å². The Balaban J connectivity index is 1.46. The number of likely N-dealkylation sites (N-methyl/N-ethyl adjacent to an activating group) is 1. The number of carbonyl (C=O) groups excluding carboxylic acids is 1. The number of ketones is 1. The molecule has 0 radical (unpaired) electrons. The zero-order chi connectivity index (χ0) is 30.8. The molecule has 234 valence electrons. The number of aliphatic hydroxyl groups is 1. The molecule has 0 saturated carbocycles. The lowest BCUT2D eigenvalue weighted by Crippen LogP contribution is -2.39. The number of hydrogen-bond donors (Lipinski definition) is 2. The molecule has 0 aliphatic heterocycles. The molecule has 2 aromatic carbocycles. The number of benzene rings is 2. The third kappa shape index (κ3) is 15.9. The number of nitrogens with two attached hydrogens (primary N) is 1. The van der Waals surface area contributed by atoms with Crippen LogP contribution in [0.5, 0.6) is 0 Å². The SMILES string of the molecule is [14CH3][N+]([14CH3])([14CH3])CCOP(=O)([O-])OC[C@H](N)[C@H](O)/C=C/CCCCCCCCCCc1ccc(C(=O)c2ccccc2)cc1. The number of rotatable bonds is 22. The number of nitrogens with zero attached hydrogens (tertiary/aromatic N) is 1. The lowest BCUT2D eigenvalue weighted by Gasteiger charge is -2.28. The highest BCUT2D eigenvalue weighted by Gasteiger charge is 2.18. The summed E-state index contributed by atoms with van der Waals surface area (Å²) in [7, 11) is 1.36. The lowest BCUT2D eigenvalue weighted by atomic mass is 9.99. The Bertz CT molecular complexity index is 1100. The van der Waals surface area contributed by atoms with Crippen molar-refractivity contribution in [1.29, 1.82) is 0 Å². The van der Waals surface area contributed by atoms with Crippen LogP contribution in [0.25, 0.3) is 0 Å². The number of quaternary nitrogens is 1. The van der Waals surface area contributed by atoms with Crippen molar-refractivity contribution in [3.05, 3.63) is 83.4 Å². The van der Waals surface area contributed by atoms with Gasteiger partial charge in [-0.05, 0) is 31.2 Å². The van der Waals surface area contributed by atoms with Gasteiger partial charge in [0.15, 0.2) is 5.78 Å². The number of allylic oxidation sites excluding steroid dienone is 1. The highest BCUT2D eigenvalue weighted by molar-refractivity contribution is 7.45. The highest BCUT2D eigenvalue weighted by Crippen LogP contribution is 2.38. The molecule has 0 fully saturated rings. The minimum atomic E-state index is -4.44. The van der Waals surface area contributed by atoms with Gasteiger partial charge < -0.3 is 29.3 Å². The van der Waals surface area contributed by atoms with Crippen molar-refractivity contribution in [1.82, 2.24) is 0 Å². The zero-order valence-corrected chi connectivity index (χ0v) is 26.6. The van der Waals surface area contributed by atoms with Crippen LogP contribution in [0, 0.1) is 0 Å². The van der Waals surface area contributed by atoms with Gasteiger partial charge in [0.2, 0.25) is 0 Å². The molecule has 0 saturated heterocycles. The van der Waals surface area contributed by atoms with Crippen LogP contribution >= 0.6 is 7.82 Å². The maximum Gasteiger partial charge on any atom is 0.268 e. The molecule has 0 heterocycles. The van der Waals surface area contributed by atoms with Crippen LogP contribution in [0.2, 0.25) is 0 Å². The lowest BCUT2D eigenvalue weighted by molar-refractivity contribution is -0.870. The maximum atomic E-state index is 12.5. The molecule has 1 unspecified atom stereocenters. The molecular weight excluding hydrogens is 557 g/mol. The Hall–Kier alpha value is -2.16. The highest BCUT2D eigenvalue weighted by atomic mass is 31.2. The summed E-state index contributed by atoms with van der Waals surface area (Å²) in [5.74, 6) is 0.0635. The molecular formula is C33H51N2O6P. The summed E-state index contributed by atoms with van der Waals surface area (Å²) in [6, 6.07) is 16.5. The van der Waals surface area contributed by atoms with Crippen molar-refractivity contribution in [2.75, 3.05) is 40.9 Å². The number of phosphoric ester groups is 1. The standard InChI is InChI=1S/C33H51N2O6P/c1-35(2,3)25-26-40-42(38,39)41-27-31(34)32(36)20-16-11-9-7-5-4-6-8-10-13-17-28-21-23-30(24-22-28)33(37)29-18-14-12-15-19-29/h12,14-16,18-24,31-32,36H,4-11,13,17,25-27,34H2,1-3H3/b20-16+/t31-,32+/m0/s1/i1+2,2+2,3+2. The van der Waals surface area contributed by atoms with Crippen LogP contribution in [-0.2, 0) is 20.0 Å². The van der Waals surface area contributed by atoms with E-state index in [9.17, 15) is 19.4 Å². The van der Waals surface area contributed by atoms with Gasteiger partial charge in [-0.2, -0.15) is 0 Å². The predicted octanol–water partition coefficient (Wildman–Crippen LogP) is 5.42. The van der Waals surface area contributed by atoms with Crippen molar-refractivity contribution >= 4 is 13.6 Å². The van der Waals surface area contributed by atoms with E-state index in [1.54, 1.807) is 6.08 Å². The van der Waals surface area contributed by atoms with Gasteiger partial charge in [-0.3, -0.25) is 9.36 Å². The van der Waals surface area contributed by atoms with E-state index in [1.807, 2.05) is 69.7 Å². The van der Waals surface area contributed by atoms with Crippen LogP contribution in [-0.4, -0.2) is 68.4 Å². The fraction of sp³-hybridized carbons (Fsp3) is 0.545. The fourth-order valence-corrected chi connectivity index (χ4v) is 5.08. The van der Waals surface area contributed by atoms with Gasteiger partial charge in [0.05, 0.1) is 39.9 Å². The molecule has 0 aromatic heterocycles. The van der Waals surface area contributed by atoms with E-state index >= 15 is 0 Å². The van der Waals surface area contributed by atoms with Crippen LogP contribution in [0.4, 0.5) is 0 Å². The van der Waals surface area contributed by atoms with E-state index in [0.29, 0.717) is 11.0 Å². The van der Waals surface area contributed by atoms with Crippen molar-refractivity contribution in [2.45, 2.75) is 76.4 Å².